The molecule has 1 heterocycles. The number of carbonyl (C=O) groups is 2. The van der Waals surface area contributed by atoms with Crippen molar-refractivity contribution >= 4 is 39.2 Å². The number of carboxylic acid groups (broad SMARTS) is 1. The molecule has 2 N–H and O–H groups in total. The van der Waals surface area contributed by atoms with Gasteiger partial charge in [-0.15, -0.1) is 0 Å². The predicted octanol–water partition coefficient (Wildman–Crippen LogP) is 1.68. The van der Waals surface area contributed by atoms with Crippen LogP contribution in [-0.4, -0.2) is 30.1 Å². The second kappa shape index (κ2) is 4.75. The van der Waals surface area contributed by atoms with Crippen LogP contribution in [0.2, 0.25) is 0 Å². The van der Waals surface area contributed by atoms with E-state index in [9.17, 15) is 9.59 Å². The highest BCUT2D eigenvalue weighted by Gasteiger charge is 2.20. The average Bonchev–Trinajstić information content (AvgIpc) is 2.39. The minimum atomic E-state index is -0.912. The Labute approximate surface area is 107 Å². The lowest BCUT2D eigenvalue weighted by molar-refractivity contribution is -0.135. The van der Waals surface area contributed by atoms with Crippen LogP contribution in [-0.2, 0) is 9.59 Å². The van der Waals surface area contributed by atoms with E-state index in [2.05, 4.69) is 21.2 Å². The van der Waals surface area contributed by atoms with Crippen molar-refractivity contribution in [3.63, 3.8) is 0 Å². The molecule has 6 heteroatoms. The van der Waals surface area contributed by atoms with Crippen LogP contribution in [0.4, 0.5) is 11.4 Å². The molecule has 0 aromatic heterocycles. The number of carbonyl (C=O) groups excluding carboxylic acids is 1. The minimum Gasteiger partial charge on any atom is -0.480 e. The summed E-state index contributed by atoms with van der Waals surface area (Å²) in [7, 11) is 0. The average molecular weight is 299 g/mol. The summed E-state index contributed by atoms with van der Waals surface area (Å²) in [5.41, 5.74) is 1.38. The summed E-state index contributed by atoms with van der Waals surface area (Å²) in [5, 5.41) is 11.6. The maximum atomic E-state index is 11.5. The Hall–Kier alpha value is -1.56. The van der Waals surface area contributed by atoms with E-state index in [1.165, 1.54) is 0 Å². The zero-order valence-corrected chi connectivity index (χ0v) is 10.5. The summed E-state index contributed by atoms with van der Waals surface area (Å²) in [6.07, 6.45) is 0.291. The molecular weight excluding hydrogens is 288 g/mol. The Bertz CT molecular complexity index is 476. The van der Waals surface area contributed by atoms with Crippen molar-refractivity contribution in [2.75, 3.05) is 23.3 Å². The molecule has 1 aliphatic heterocycles. The van der Waals surface area contributed by atoms with Crippen LogP contribution in [0.5, 0.6) is 0 Å². The Balaban J connectivity index is 2.40. The molecule has 0 aliphatic carbocycles. The molecule has 0 bridgehead atoms. The van der Waals surface area contributed by atoms with E-state index in [4.69, 9.17) is 5.11 Å². The number of hydrogen-bond donors (Lipinski definition) is 2. The van der Waals surface area contributed by atoms with Crippen LogP contribution in [0.25, 0.3) is 0 Å². The molecule has 17 heavy (non-hydrogen) atoms. The predicted molar refractivity (Wildman–Crippen MR) is 67.2 cm³/mol. The van der Waals surface area contributed by atoms with Crippen molar-refractivity contribution in [1.82, 2.24) is 0 Å². The molecule has 0 spiro atoms. The Morgan fingerprint density at radius 1 is 1.53 bits per heavy atom. The van der Waals surface area contributed by atoms with Gasteiger partial charge in [0.05, 0.1) is 11.4 Å². The van der Waals surface area contributed by atoms with Crippen molar-refractivity contribution in [2.24, 2.45) is 0 Å². The van der Waals surface area contributed by atoms with E-state index >= 15 is 0 Å². The fourth-order valence-electron chi connectivity index (χ4n) is 1.77. The van der Waals surface area contributed by atoms with Crippen molar-refractivity contribution < 1.29 is 14.7 Å². The van der Waals surface area contributed by atoms with Gasteiger partial charge in [0.15, 0.2) is 0 Å². The van der Waals surface area contributed by atoms with Gasteiger partial charge in [-0.05, 0) is 18.2 Å². The van der Waals surface area contributed by atoms with E-state index < -0.39 is 5.97 Å². The minimum absolute atomic E-state index is 0.0959. The SMILES string of the molecule is O=C(O)CN1CCC(=O)Nc2ccc(Br)cc21. The molecule has 5 nitrogen and oxygen atoms in total. The molecular formula is C11H11BrN2O3. The van der Waals surface area contributed by atoms with Gasteiger partial charge in [0.25, 0.3) is 0 Å². The largest absolute Gasteiger partial charge is 0.480 e. The van der Waals surface area contributed by atoms with Crippen LogP contribution in [0.1, 0.15) is 6.42 Å². The normalized spacial score (nSPS) is 14.9. The van der Waals surface area contributed by atoms with Crippen molar-refractivity contribution in [3.05, 3.63) is 22.7 Å². The lowest BCUT2D eigenvalue weighted by atomic mass is 10.2. The molecule has 0 saturated heterocycles. The van der Waals surface area contributed by atoms with Crippen molar-refractivity contribution in [3.8, 4) is 0 Å². The van der Waals surface area contributed by atoms with Gasteiger partial charge in [-0.3, -0.25) is 9.59 Å². The number of rotatable bonds is 2. The third-order valence-corrected chi connectivity index (χ3v) is 3.00. The zero-order chi connectivity index (χ0) is 12.4. The molecule has 0 fully saturated rings. The first-order chi connectivity index (χ1) is 8.06. The standard InChI is InChI=1S/C11H11BrN2O3/c12-7-1-2-8-9(5-7)14(6-11(16)17)4-3-10(15)13-8/h1-2,5H,3-4,6H2,(H,13,15)(H,16,17). The van der Waals surface area contributed by atoms with Gasteiger partial charge in [0, 0.05) is 17.4 Å². The molecule has 1 aromatic rings. The summed E-state index contributed by atoms with van der Waals surface area (Å²) < 4.78 is 0.850. The van der Waals surface area contributed by atoms with E-state index in [0.29, 0.717) is 18.7 Å². The second-order valence-electron chi connectivity index (χ2n) is 3.77. The van der Waals surface area contributed by atoms with Crippen molar-refractivity contribution in [1.29, 1.82) is 0 Å². The molecule has 1 aliphatic rings. The molecule has 2 rings (SSSR count). The topological polar surface area (TPSA) is 69.6 Å². The van der Waals surface area contributed by atoms with E-state index in [1.807, 2.05) is 12.1 Å². The number of aliphatic carboxylic acids is 1. The summed E-state index contributed by atoms with van der Waals surface area (Å²) in [6, 6.07) is 5.38. The lowest BCUT2D eigenvalue weighted by Crippen LogP contribution is -2.30. The maximum absolute atomic E-state index is 11.5. The first kappa shape index (κ1) is 11.9. The first-order valence-electron chi connectivity index (χ1n) is 5.12. The Morgan fingerprint density at radius 2 is 2.29 bits per heavy atom. The molecule has 0 saturated carbocycles. The number of anilines is 2. The lowest BCUT2D eigenvalue weighted by Gasteiger charge is -2.22. The highest BCUT2D eigenvalue weighted by atomic mass is 79.9. The fourth-order valence-corrected chi connectivity index (χ4v) is 2.12. The molecule has 0 radical (unpaired) electrons. The molecule has 0 unspecified atom stereocenters. The van der Waals surface area contributed by atoms with Gasteiger partial charge >= 0.3 is 5.97 Å². The number of nitrogens with zero attached hydrogens (tertiary/aromatic N) is 1. The highest BCUT2D eigenvalue weighted by molar-refractivity contribution is 9.10. The molecule has 0 atom stereocenters. The number of nitrogens with one attached hydrogen (secondary N) is 1. The number of benzene rings is 1. The van der Waals surface area contributed by atoms with Gasteiger partial charge in [-0.25, -0.2) is 0 Å². The van der Waals surface area contributed by atoms with Gasteiger partial charge in [0.2, 0.25) is 5.91 Å². The second-order valence-corrected chi connectivity index (χ2v) is 4.69. The van der Waals surface area contributed by atoms with Crippen molar-refractivity contribution in [2.45, 2.75) is 6.42 Å². The van der Waals surface area contributed by atoms with Crippen LogP contribution in [0, 0.1) is 0 Å². The maximum Gasteiger partial charge on any atom is 0.323 e. The van der Waals surface area contributed by atoms with Crippen LogP contribution in [0.3, 0.4) is 0 Å². The number of amides is 1. The summed E-state index contributed by atoms with van der Waals surface area (Å²) in [5.74, 6) is -1.01. The number of fused-ring (bicyclic) bond motifs is 1. The zero-order valence-electron chi connectivity index (χ0n) is 8.94. The fraction of sp³-hybridized carbons (Fsp3) is 0.273. The van der Waals surface area contributed by atoms with Gasteiger partial charge in [-0.1, -0.05) is 15.9 Å². The number of halogens is 1. The quantitative estimate of drug-likeness (QED) is 0.872. The Kier molecular flexibility index (Phi) is 3.33. The monoisotopic (exact) mass is 298 g/mol. The van der Waals surface area contributed by atoms with Gasteiger partial charge in [-0.2, -0.15) is 0 Å². The van der Waals surface area contributed by atoms with Gasteiger partial charge < -0.3 is 15.3 Å². The molecule has 1 amide bonds. The summed E-state index contributed by atoms with van der Waals surface area (Å²) in [4.78, 5) is 23.9. The van der Waals surface area contributed by atoms with Crippen LogP contribution >= 0.6 is 15.9 Å². The van der Waals surface area contributed by atoms with E-state index in [1.54, 1.807) is 11.0 Å². The molecule has 1 aromatic carbocycles. The van der Waals surface area contributed by atoms with Crippen LogP contribution < -0.4 is 10.2 Å². The Morgan fingerprint density at radius 3 is 3.00 bits per heavy atom. The summed E-state index contributed by atoms with van der Waals surface area (Å²) >= 11 is 3.34. The third-order valence-electron chi connectivity index (χ3n) is 2.51. The smallest absolute Gasteiger partial charge is 0.323 e. The first-order valence-corrected chi connectivity index (χ1v) is 5.92. The van der Waals surface area contributed by atoms with E-state index in [-0.39, 0.29) is 12.5 Å². The van der Waals surface area contributed by atoms with Crippen LogP contribution in [0.15, 0.2) is 22.7 Å². The number of hydrogen-bond acceptors (Lipinski definition) is 3. The highest BCUT2D eigenvalue weighted by Crippen LogP contribution is 2.31. The number of carboxylic acids is 1. The summed E-state index contributed by atoms with van der Waals surface area (Å²) in [6.45, 7) is 0.292. The molecule has 90 valence electrons. The van der Waals surface area contributed by atoms with E-state index in [0.717, 1.165) is 10.2 Å². The third kappa shape index (κ3) is 2.76. The van der Waals surface area contributed by atoms with Gasteiger partial charge in [0.1, 0.15) is 6.54 Å².